The van der Waals surface area contributed by atoms with Gasteiger partial charge in [-0.3, -0.25) is 4.79 Å². The minimum Gasteiger partial charge on any atom is -0.480 e. The number of carbonyl (C=O) groups is 2. The lowest BCUT2D eigenvalue weighted by molar-refractivity contribution is -0.148. The van der Waals surface area contributed by atoms with Crippen molar-refractivity contribution in [1.29, 1.82) is 0 Å². The van der Waals surface area contributed by atoms with Gasteiger partial charge in [0.1, 0.15) is 6.04 Å². The zero-order valence-electron chi connectivity index (χ0n) is 18.6. The molecule has 0 bridgehead atoms. The summed E-state index contributed by atoms with van der Waals surface area (Å²) in [5.41, 5.74) is 5.01. The fourth-order valence-corrected chi connectivity index (χ4v) is 3.53. The standard InChI is InChI=1S/C28H29NO3/c1-3-22-13-15-25(16-14-22)20-29(26(28(31)32)19-24-7-5-4-6-8-24)27(30)18-17-23-11-9-21(2)10-12-23/h4-18,26H,3,19-20H2,1-2H3,(H,31,32). The molecule has 0 aliphatic carbocycles. The van der Waals surface area contributed by atoms with Crippen molar-refractivity contribution in [3.63, 3.8) is 0 Å². The Labute approximate surface area is 189 Å². The second-order valence-corrected chi connectivity index (χ2v) is 7.92. The van der Waals surface area contributed by atoms with Crippen LogP contribution in [0.5, 0.6) is 0 Å². The van der Waals surface area contributed by atoms with Crippen LogP contribution >= 0.6 is 0 Å². The maximum atomic E-state index is 13.2. The van der Waals surface area contributed by atoms with Crippen LogP contribution in [-0.4, -0.2) is 27.9 Å². The van der Waals surface area contributed by atoms with E-state index < -0.39 is 12.0 Å². The van der Waals surface area contributed by atoms with Crippen molar-refractivity contribution in [3.8, 4) is 0 Å². The normalized spacial score (nSPS) is 11.9. The Morgan fingerprint density at radius 1 is 0.875 bits per heavy atom. The monoisotopic (exact) mass is 427 g/mol. The first kappa shape index (κ1) is 23.0. The molecule has 4 nitrogen and oxygen atoms in total. The molecule has 0 spiro atoms. The van der Waals surface area contributed by atoms with Gasteiger partial charge in [0.25, 0.3) is 0 Å². The quantitative estimate of drug-likeness (QED) is 0.472. The van der Waals surface area contributed by atoms with Crippen LogP contribution in [0.25, 0.3) is 6.08 Å². The van der Waals surface area contributed by atoms with Crippen LogP contribution in [0.2, 0.25) is 0 Å². The van der Waals surface area contributed by atoms with E-state index in [0.29, 0.717) is 0 Å². The molecule has 3 aromatic rings. The predicted octanol–water partition coefficient (Wildman–Crippen LogP) is 5.30. The Bertz CT molecular complexity index is 1050. The summed E-state index contributed by atoms with van der Waals surface area (Å²) >= 11 is 0. The average molecular weight is 428 g/mol. The van der Waals surface area contributed by atoms with E-state index in [9.17, 15) is 14.7 Å². The smallest absolute Gasteiger partial charge is 0.326 e. The number of hydrogen-bond acceptors (Lipinski definition) is 2. The van der Waals surface area contributed by atoms with E-state index >= 15 is 0 Å². The van der Waals surface area contributed by atoms with Crippen LogP contribution in [-0.2, 0) is 29.0 Å². The van der Waals surface area contributed by atoms with E-state index in [1.807, 2.05) is 85.8 Å². The minimum absolute atomic E-state index is 0.227. The first-order valence-corrected chi connectivity index (χ1v) is 10.9. The number of benzene rings is 3. The Hall–Kier alpha value is -3.66. The van der Waals surface area contributed by atoms with Crippen LogP contribution in [0.1, 0.15) is 34.7 Å². The number of hydrogen-bond donors (Lipinski definition) is 1. The van der Waals surface area contributed by atoms with E-state index in [-0.39, 0.29) is 18.9 Å². The largest absolute Gasteiger partial charge is 0.480 e. The number of aryl methyl sites for hydroxylation is 2. The summed E-state index contributed by atoms with van der Waals surface area (Å²) in [5, 5.41) is 10.0. The summed E-state index contributed by atoms with van der Waals surface area (Å²) in [6.45, 7) is 4.32. The van der Waals surface area contributed by atoms with Gasteiger partial charge in [0.2, 0.25) is 5.91 Å². The van der Waals surface area contributed by atoms with Crippen molar-refractivity contribution in [2.75, 3.05) is 0 Å². The molecule has 3 rings (SSSR count). The molecule has 0 saturated carbocycles. The Morgan fingerprint density at radius 3 is 2.09 bits per heavy atom. The summed E-state index contributed by atoms with van der Waals surface area (Å²) in [4.78, 5) is 26.9. The van der Waals surface area contributed by atoms with Crippen molar-refractivity contribution < 1.29 is 14.7 Å². The lowest BCUT2D eigenvalue weighted by Crippen LogP contribution is -2.45. The van der Waals surface area contributed by atoms with E-state index in [4.69, 9.17) is 0 Å². The third-order valence-electron chi connectivity index (χ3n) is 5.50. The fraction of sp³-hybridized carbons (Fsp3) is 0.214. The fourth-order valence-electron chi connectivity index (χ4n) is 3.53. The SMILES string of the molecule is CCc1ccc(CN(C(=O)C=Cc2ccc(C)cc2)C(Cc2ccccc2)C(=O)O)cc1. The number of aliphatic carboxylic acids is 1. The molecule has 0 radical (unpaired) electrons. The molecular formula is C28H29NO3. The highest BCUT2D eigenvalue weighted by Gasteiger charge is 2.29. The summed E-state index contributed by atoms with van der Waals surface area (Å²) in [5.74, 6) is -1.34. The third kappa shape index (κ3) is 6.42. The van der Waals surface area contributed by atoms with Crippen LogP contribution in [0.15, 0.2) is 84.9 Å². The number of carboxylic acids is 1. The highest BCUT2D eigenvalue weighted by Crippen LogP contribution is 2.16. The molecule has 0 heterocycles. The van der Waals surface area contributed by atoms with Gasteiger partial charge in [-0.25, -0.2) is 4.79 Å². The third-order valence-corrected chi connectivity index (χ3v) is 5.50. The number of carboxylic acid groups (broad SMARTS) is 1. The van der Waals surface area contributed by atoms with Crippen molar-refractivity contribution in [1.82, 2.24) is 4.90 Å². The van der Waals surface area contributed by atoms with E-state index in [1.54, 1.807) is 6.08 Å². The Balaban J connectivity index is 1.89. The summed E-state index contributed by atoms with van der Waals surface area (Å²) in [6, 6.07) is 24.2. The van der Waals surface area contributed by atoms with Gasteiger partial charge >= 0.3 is 5.97 Å². The van der Waals surface area contributed by atoms with Gasteiger partial charge in [-0.05, 0) is 41.7 Å². The second kappa shape index (κ2) is 11.1. The molecule has 0 saturated heterocycles. The maximum absolute atomic E-state index is 13.2. The highest BCUT2D eigenvalue weighted by atomic mass is 16.4. The first-order valence-electron chi connectivity index (χ1n) is 10.9. The number of amides is 1. The maximum Gasteiger partial charge on any atom is 0.326 e. The second-order valence-electron chi connectivity index (χ2n) is 7.92. The lowest BCUT2D eigenvalue weighted by atomic mass is 10.0. The van der Waals surface area contributed by atoms with Gasteiger partial charge in [0, 0.05) is 19.0 Å². The predicted molar refractivity (Wildman–Crippen MR) is 128 cm³/mol. The van der Waals surface area contributed by atoms with Crippen LogP contribution in [0.4, 0.5) is 0 Å². The van der Waals surface area contributed by atoms with Gasteiger partial charge in [-0.2, -0.15) is 0 Å². The molecule has 164 valence electrons. The van der Waals surface area contributed by atoms with Crippen molar-refractivity contribution in [2.24, 2.45) is 0 Å². The number of nitrogens with zero attached hydrogens (tertiary/aromatic N) is 1. The molecule has 0 aromatic heterocycles. The van der Waals surface area contributed by atoms with Crippen LogP contribution < -0.4 is 0 Å². The molecule has 0 aliphatic heterocycles. The van der Waals surface area contributed by atoms with Crippen LogP contribution in [0, 0.1) is 6.92 Å². The lowest BCUT2D eigenvalue weighted by Gasteiger charge is -2.28. The molecule has 0 aliphatic rings. The van der Waals surface area contributed by atoms with Crippen molar-refractivity contribution >= 4 is 18.0 Å². The van der Waals surface area contributed by atoms with E-state index in [0.717, 1.165) is 28.7 Å². The molecule has 0 fully saturated rings. The van der Waals surface area contributed by atoms with Gasteiger partial charge in [-0.1, -0.05) is 91.3 Å². The molecule has 1 atom stereocenters. The van der Waals surface area contributed by atoms with Crippen LogP contribution in [0.3, 0.4) is 0 Å². The topological polar surface area (TPSA) is 57.6 Å². The van der Waals surface area contributed by atoms with Gasteiger partial charge in [0.05, 0.1) is 0 Å². The van der Waals surface area contributed by atoms with Crippen molar-refractivity contribution in [2.45, 2.75) is 39.3 Å². The molecule has 4 heteroatoms. The average Bonchev–Trinajstić information content (AvgIpc) is 2.81. The number of rotatable bonds is 9. The summed E-state index contributed by atoms with van der Waals surface area (Å²) in [7, 11) is 0. The summed E-state index contributed by atoms with van der Waals surface area (Å²) < 4.78 is 0. The van der Waals surface area contributed by atoms with Crippen molar-refractivity contribution in [3.05, 3.63) is 113 Å². The highest BCUT2D eigenvalue weighted by molar-refractivity contribution is 5.94. The first-order chi connectivity index (χ1) is 15.5. The van der Waals surface area contributed by atoms with Gasteiger partial charge in [-0.15, -0.1) is 0 Å². The molecule has 3 aromatic carbocycles. The van der Waals surface area contributed by atoms with E-state index in [1.165, 1.54) is 16.5 Å². The molecule has 1 unspecified atom stereocenters. The zero-order valence-corrected chi connectivity index (χ0v) is 18.6. The molecule has 1 N–H and O–H groups in total. The van der Waals surface area contributed by atoms with Gasteiger partial charge < -0.3 is 10.0 Å². The Morgan fingerprint density at radius 2 is 1.50 bits per heavy atom. The molecule has 1 amide bonds. The minimum atomic E-state index is -1.02. The van der Waals surface area contributed by atoms with E-state index in [2.05, 4.69) is 6.92 Å². The zero-order chi connectivity index (χ0) is 22.9. The van der Waals surface area contributed by atoms with Gasteiger partial charge in [0.15, 0.2) is 0 Å². The number of carbonyl (C=O) groups excluding carboxylic acids is 1. The summed E-state index contributed by atoms with van der Waals surface area (Å²) in [6.07, 6.45) is 4.36. The Kier molecular flexibility index (Phi) is 7.98. The molecular weight excluding hydrogens is 398 g/mol. The molecule has 32 heavy (non-hydrogen) atoms.